The SMILES string of the molecule is CC/C=C\C/C=C\C/C=C\C/C=C\CCCCCCCCCCCCCCCCCCCCC(=O)OCC(COC(=O)CCCCCCCCCCCCCC)OC(=O)CCCCCCCCCCCCCCC. The molecule has 0 aliphatic rings. The van der Waals surface area contributed by atoms with Crippen LogP contribution < -0.4 is 0 Å². The zero-order valence-corrected chi connectivity index (χ0v) is 49.6. The standard InChI is InChI=1S/C68H124O6/c1-4-7-10-13-16-19-22-25-26-27-28-29-30-31-32-33-34-35-36-37-38-39-40-41-42-44-46-49-52-55-58-61-67(70)73-64-65(63-72-66(69)60-57-54-51-48-45-24-21-18-15-12-9-6-3)74-68(71)62-59-56-53-50-47-43-23-20-17-14-11-8-5-2/h7,10,16,19,25-26,28-29,65H,4-6,8-9,11-15,17-18,20-24,27,30-64H2,1-3H3/b10-7-,19-16-,26-25-,29-28-. The minimum Gasteiger partial charge on any atom is -0.462 e. The fraction of sp³-hybridized carbons (Fsp3) is 0.838. The zero-order valence-electron chi connectivity index (χ0n) is 49.6. The van der Waals surface area contributed by atoms with Crippen molar-refractivity contribution in [1.82, 2.24) is 0 Å². The number of hydrogen-bond acceptors (Lipinski definition) is 6. The van der Waals surface area contributed by atoms with Gasteiger partial charge in [0.2, 0.25) is 0 Å². The summed E-state index contributed by atoms with van der Waals surface area (Å²) in [6.07, 6.45) is 78.5. The second kappa shape index (κ2) is 62.9. The molecule has 74 heavy (non-hydrogen) atoms. The highest BCUT2D eigenvalue weighted by atomic mass is 16.6. The zero-order chi connectivity index (χ0) is 53.6. The van der Waals surface area contributed by atoms with Gasteiger partial charge in [0, 0.05) is 19.3 Å². The highest BCUT2D eigenvalue weighted by molar-refractivity contribution is 5.71. The Morgan fingerprint density at radius 3 is 0.824 bits per heavy atom. The van der Waals surface area contributed by atoms with Crippen molar-refractivity contribution in [1.29, 1.82) is 0 Å². The van der Waals surface area contributed by atoms with E-state index in [1.807, 2.05) is 0 Å². The lowest BCUT2D eigenvalue weighted by Crippen LogP contribution is -2.30. The topological polar surface area (TPSA) is 78.9 Å². The molecule has 0 amide bonds. The van der Waals surface area contributed by atoms with Gasteiger partial charge in [-0.25, -0.2) is 0 Å². The Kier molecular flexibility index (Phi) is 60.7. The molecule has 0 rings (SSSR count). The Bertz CT molecular complexity index is 1280. The van der Waals surface area contributed by atoms with Gasteiger partial charge >= 0.3 is 17.9 Å². The molecular weight excluding hydrogens is 913 g/mol. The normalized spacial score (nSPS) is 12.3. The molecule has 0 spiro atoms. The van der Waals surface area contributed by atoms with E-state index in [1.165, 1.54) is 225 Å². The van der Waals surface area contributed by atoms with Crippen LogP contribution >= 0.6 is 0 Å². The Hall–Kier alpha value is -2.63. The van der Waals surface area contributed by atoms with Crippen molar-refractivity contribution in [3.63, 3.8) is 0 Å². The number of ether oxygens (including phenoxy) is 3. The van der Waals surface area contributed by atoms with Crippen LogP contribution in [0.25, 0.3) is 0 Å². The molecule has 0 saturated heterocycles. The molecule has 0 saturated carbocycles. The monoisotopic (exact) mass is 1040 g/mol. The summed E-state index contributed by atoms with van der Waals surface area (Å²) in [7, 11) is 0. The molecule has 0 aromatic rings. The van der Waals surface area contributed by atoms with E-state index < -0.39 is 6.10 Å². The molecular formula is C68H124O6. The quantitative estimate of drug-likeness (QED) is 0.0261. The average Bonchev–Trinajstić information content (AvgIpc) is 3.40. The number of esters is 3. The van der Waals surface area contributed by atoms with E-state index in [0.29, 0.717) is 19.3 Å². The van der Waals surface area contributed by atoms with Crippen molar-refractivity contribution in [2.75, 3.05) is 13.2 Å². The second-order valence-electron chi connectivity index (χ2n) is 22.0. The number of carbonyl (C=O) groups is 3. The lowest BCUT2D eigenvalue weighted by atomic mass is 10.0. The van der Waals surface area contributed by atoms with Crippen LogP contribution in [-0.4, -0.2) is 37.2 Å². The van der Waals surface area contributed by atoms with Crippen molar-refractivity contribution in [3.8, 4) is 0 Å². The fourth-order valence-electron chi connectivity index (χ4n) is 9.73. The van der Waals surface area contributed by atoms with E-state index >= 15 is 0 Å². The molecule has 0 radical (unpaired) electrons. The summed E-state index contributed by atoms with van der Waals surface area (Å²) in [6.45, 7) is 6.57. The van der Waals surface area contributed by atoms with Crippen molar-refractivity contribution >= 4 is 17.9 Å². The van der Waals surface area contributed by atoms with Crippen LogP contribution in [0, 0.1) is 0 Å². The molecule has 0 heterocycles. The maximum Gasteiger partial charge on any atom is 0.306 e. The molecule has 6 nitrogen and oxygen atoms in total. The van der Waals surface area contributed by atoms with E-state index in [2.05, 4.69) is 69.4 Å². The van der Waals surface area contributed by atoms with Gasteiger partial charge in [0.05, 0.1) is 0 Å². The van der Waals surface area contributed by atoms with Gasteiger partial charge in [-0.2, -0.15) is 0 Å². The molecule has 1 unspecified atom stereocenters. The van der Waals surface area contributed by atoms with Crippen LogP contribution in [0.4, 0.5) is 0 Å². The molecule has 1 atom stereocenters. The number of rotatable bonds is 60. The van der Waals surface area contributed by atoms with E-state index in [4.69, 9.17) is 14.2 Å². The predicted octanol–water partition coefficient (Wildman–Crippen LogP) is 22.2. The summed E-state index contributed by atoms with van der Waals surface area (Å²) in [5.41, 5.74) is 0. The van der Waals surface area contributed by atoms with Gasteiger partial charge in [-0.3, -0.25) is 14.4 Å². The first kappa shape index (κ1) is 71.4. The summed E-state index contributed by atoms with van der Waals surface area (Å²) in [4.78, 5) is 38.2. The predicted molar refractivity (Wildman–Crippen MR) is 321 cm³/mol. The molecule has 0 aromatic heterocycles. The third-order valence-corrected chi connectivity index (χ3v) is 14.6. The summed E-state index contributed by atoms with van der Waals surface area (Å²) >= 11 is 0. The Morgan fingerprint density at radius 2 is 0.527 bits per heavy atom. The first-order chi connectivity index (χ1) is 36.5. The molecule has 0 aliphatic carbocycles. The lowest BCUT2D eigenvalue weighted by Gasteiger charge is -2.18. The van der Waals surface area contributed by atoms with Crippen LogP contribution in [-0.2, 0) is 28.6 Å². The maximum atomic E-state index is 12.9. The minimum atomic E-state index is -0.766. The Balaban J connectivity index is 4.08. The lowest BCUT2D eigenvalue weighted by molar-refractivity contribution is -0.167. The van der Waals surface area contributed by atoms with Gasteiger partial charge < -0.3 is 14.2 Å². The fourth-order valence-corrected chi connectivity index (χ4v) is 9.73. The average molecular weight is 1040 g/mol. The first-order valence-electron chi connectivity index (χ1n) is 32.6. The molecule has 0 N–H and O–H groups in total. The van der Waals surface area contributed by atoms with Crippen LogP contribution in [0.2, 0.25) is 0 Å². The summed E-state index contributed by atoms with van der Waals surface area (Å²) < 4.78 is 16.9. The number of carbonyl (C=O) groups excluding carboxylic acids is 3. The van der Waals surface area contributed by atoms with Gasteiger partial charge in [-0.05, 0) is 57.8 Å². The second-order valence-corrected chi connectivity index (χ2v) is 22.0. The van der Waals surface area contributed by atoms with E-state index in [-0.39, 0.29) is 31.1 Å². The van der Waals surface area contributed by atoms with E-state index in [0.717, 1.165) is 83.5 Å². The van der Waals surface area contributed by atoms with Crippen LogP contribution in [0.3, 0.4) is 0 Å². The molecule has 0 fully saturated rings. The number of allylic oxidation sites excluding steroid dienone is 8. The van der Waals surface area contributed by atoms with E-state index in [9.17, 15) is 14.4 Å². The Morgan fingerprint density at radius 1 is 0.284 bits per heavy atom. The third kappa shape index (κ3) is 60.2. The molecule has 6 heteroatoms. The molecule has 0 aliphatic heterocycles. The summed E-state index contributed by atoms with van der Waals surface area (Å²) in [5, 5.41) is 0. The number of unbranched alkanes of at least 4 members (excludes halogenated alkanes) is 41. The van der Waals surface area contributed by atoms with Crippen molar-refractivity contribution in [2.45, 2.75) is 354 Å². The van der Waals surface area contributed by atoms with Crippen LogP contribution in [0.15, 0.2) is 48.6 Å². The minimum absolute atomic E-state index is 0.0655. The molecule has 432 valence electrons. The van der Waals surface area contributed by atoms with Crippen LogP contribution in [0.1, 0.15) is 348 Å². The van der Waals surface area contributed by atoms with Gasteiger partial charge in [-0.1, -0.05) is 320 Å². The van der Waals surface area contributed by atoms with E-state index in [1.54, 1.807) is 0 Å². The number of hydrogen-bond donors (Lipinski definition) is 0. The third-order valence-electron chi connectivity index (χ3n) is 14.6. The van der Waals surface area contributed by atoms with Crippen molar-refractivity contribution in [2.24, 2.45) is 0 Å². The highest BCUT2D eigenvalue weighted by Gasteiger charge is 2.19. The summed E-state index contributed by atoms with van der Waals surface area (Å²) in [6, 6.07) is 0. The van der Waals surface area contributed by atoms with Gasteiger partial charge in [0.25, 0.3) is 0 Å². The largest absolute Gasteiger partial charge is 0.462 e. The van der Waals surface area contributed by atoms with Gasteiger partial charge in [0.15, 0.2) is 6.10 Å². The van der Waals surface area contributed by atoms with Crippen molar-refractivity contribution in [3.05, 3.63) is 48.6 Å². The smallest absolute Gasteiger partial charge is 0.306 e. The van der Waals surface area contributed by atoms with Gasteiger partial charge in [0.1, 0.15) is 13.2 Å². The Labute approximate surface area is 460 Å². The highest BCUT2D eigenvalue weighted by Crippen LogP contribution is 2.18. The van der Waals surface area contributed by atoms with Crippen molar-refractivity contribution < 1.29 is 28.6 Å². The maximum absolute atomic E-state index is 12.9. The molecule has 0 bridgehead atoms. The van der Waals surface area contributed by atoms with Gasteiger partial charge in [-0.15, -0.1) is 0 Å². The first-order valence-corrected chi connectivity index (χ1v) is 32.6. The summed E-state index contributed by atoms with van der Waals surface area (Å²) in [5.74, 6) is -0.842. The molecule has 0 aromatic carbocycles. The van der Waals surface area contributed by atoms with Crippen LogP contribution in [0.5, 0.6) is 0 Å².